The zero-order valence-corrected chi connectivity index (χ0v) is 10.5. The highest BCUT2D eigenvalue weighted by atomic mass is 32.1. The zero-order valence-electron chi connectivity index (χ0n) is 9.64. The van der Waals surface area contributed by atoms with E-state index in [9.17, 15) is 4.79 Å². The number of nitrogens with zero attached hydrogens (tertiary/aromatic N) is 1. The first-order valence-corrected chi connectivity index (χ1v) is 6.31. The van der Waals surface area contributed by atoms with Gasteiger partial charge in [0.05, 0.1) is 4.88 Å². The number of carbonyl (C=O) groups excluding carboxylic acids is 1. The minimum atomic E-state index is 0.0113. The Labute approximate surface area is 105 Å². The number of thiophene rings is 1. The van der Waals surface area contributed by atoms with Crippen LogP contribution in [0, 0.1) is 6.92 Å². The Hall–Kier alpha value is -1.68. The van der Waals surface area contributed by atoms with E-state index in [0.717, 1.165) is 16.2 Å². The van der Waals surface area contributed by atoms with Gasteiger partial charge in [-0.25, -0.2) is 0 Å². The van der Waals surface area contributed by atoms with Crippen LogP contribution >= 0.6 is 11.3 Å². The smallest absolute Gasteiger partial charge is 0.261 e. The molecule has 0 unspecified atom stereocenters. The Morgan fingerprint density at radius 1 is 1.29 bits per heavy atom. The molecule has 0 aliphatic carbocycles. The summed E-state index contributed by atoms with van der Waals surface area (Å²) in [6, 6.07) is 7.74. The van der Waals surface area contributed by atoms with Crippen LogP contribution in [0.1, 0.15) is 20.1 Å². The van der Waals surface area contributed by atoms with E-state index >= 15 is 0 Å². The van der Waals surface area contributed by atoms with Crippen LogP contribution < -0.4 is 5.32 Å². The van der Waals surface area contributed by atoms with E-state index in [4.69, 9.17) is 0 Å². The molecule has 88 valence electrons. The van der Waals surface area contributed by atoms with Gasteiger partial charge < -0.3 is 5.32 Å². The quantitative estimate of drug-likeness (QED) is 0.900. The lowest BCUT2D eigenvalue weighted by Crippen LogP contribution is -2.24. The molecular weight excluding hydrogens is 232 g/mol. The third-order valence-electron chi connectivity index (χ3n) is 2.41. The van der Waals surface area contributed by atoms with Crippen molar-refractivity contribution in [1.82, 2.24) is 10.3 Å². The molecule has 0 saturated carbocycles. The van der Waals surface area contributed by atoms with Gasteiger partial charge >= 0.3 is 0 Å². The minimum Gasteiger partial charge on any atom is -0.351 e. The molecule has 0 saturated heterocycles. The third-order valence-corrected chi connectivity index (χ3v) is 3.41. The summed E-state index contributed by atoms with van der Waals surface area (Å²) in [5.41, 5.74) is 1.18. The molecule has 17 heavy (non-hydrogen) atoms. The van der Waals surface area contributed by atoms with Crippen molar-refractivity contribution >= 4 is 17.2 Å². The van der Waals surface area contributed by atoms with Crippen LogP contribution in [-0.4, -0.2) is 17.4 Å². The van der Waals surface area contributed by atoms with Crippen molar-refractivity contribution in [2.75, 3.05) is 6.54 Å². The largest absolute Gasteiger partial charge is 0.351 e. The average molecular weight is 246 g/mol. The number of pyridine rings is 1. The van der Waals surface area contributed by atoms with Gasteiger partial charge in [0.15, 0.2) is 0 Å². The molecule has 2 heterocycles. The molecule has 2 aromatic heterocycles. The molecule has 0 fully saturated rings. The van der Waals surface area contributed by atoms with Gasteiger partial charge in [-0.15, -0.1) is 11.3 Å². The fraction of sp³-hybridized carbons (Fsp3) is 0.231. The van der Waals surface area contributed by atoms with Gasteiger partial charge in [-0.3, -0.25) is 9.78 Å². The first-order valence-electron chi connectivity index (χ1n) is 5.49. The molecule has 0 aliphatic rings. The van der Waals surface area contributed by atoms with Crippen molar-refractivity contribution in [1.29, 1.82) is 0 Å². The van der Waals surface area contributed by atoms with Crippen LogP contribution in [-0.2, 0) is 6.42 Å². The predicted molar refractivity (Wildman–Crippen MR) is 69.3 cm³/mol. The van der Waals surface area contributed by atoms with E-state index in [1.54, 1.807) is 12.4 Å². The second-order valence-electron chi connectivity index (χ2n) is 3.77. The topological polar surface area (TPSA) is 42.0 Å². The average Bonchev–Trinajstić information content (AvgIpc) is 2.77. The molecule has 3 nitrogen and oxygen atoms in total. The number of carbonyl (C=O) groups is 1. The minimum absolute atomic E-state index is 0.0113. The number of rotatable bonds is 4. The van der Waals surface area contributed by atoms with E-state index in [2.05, 4.69) is 10.3 Å². The Morgan fingerprint density at radius 2 is 2.06 bits per heavy atom. The summed E-state index contributed by atoms with van der Waals surface area (Å²) in [7, 11) is 0. The maximum absolute atomic E-state index is 11.7. The Kier molecular flexibility index (Phi) is 3.88. The molecular formula is C13H14N2OS. The zero-order chi connectivity index (χ0) is 12.1. The van der Waals surface area contributed by atoms with E-state index in [0.29, 0.717) is 6.54 Å². The van der Waals surface area contributed by atoms with E-state index in [1.807, 2.05) is 31.2 Å². The Balaban J connectivity index is 1.81. The van der Waals surface area contributed by atoms with Crippen molar-refractivity contribution in [3.8, 4) is 0 Å². The van der Waals surface area contributed by atoms with Crippen molar-refractivity contribution in [3.63, 3.8) is 0 Å². The molecule has 0 spiro atoms. The summed E-state index contributed by atoms with van der Waals surface area (Å²) < 4.78 is 0. The van der Waals surface area contributed by atoms with Crippen molar-refractivity contribution in [2.45, 2.75) is 13.3 Å². The maximum atomic E-state index is 11.7. The van der Waals surface area contributed by atoms with Gasteiger partial charge in [-0.1, -0.05) is 0 Å². The fourth-order valence-electron chi connectivity index (χ4n) is 1.51. The Morgan fingerprint density at radius 3 is 2.71 bits per heavy atom. The van der Waals surface area contributed by atoms with Crippen LogP contribution in [0.2, 0.25) is 0 Å². The lowest BCUT2D eigenvalue weighted by molar-refractivity contribution is 0.0958. The van der Waals surface area contributed by atoms with Gasteiger partial charge in [-0.05, 0) is 43.2 Å². The van der Waals surface area contributed by atoms with Gasteiger partial charge in [0.25, 0.3) is 5.91 Å². The van der Waals surface area contributed by atoms with Crippen molar-refractivity contribution in [3.05, 3.63) is 52.0 Å². The van der Waals surface area contributed by atoms with Crippen LogP contribution in [0.15, 0.2) is 36.7 Å². The van der Waals surface area contributed by atoms with Gasteiger partial charge in [0, 0.05) is 23.8 Å². The Bertz CT molecular complexity index is 493. The molecule has 0 aromatic carbocycles. The monoisotopic (exact) mass is 246 g/mol. The standard InChI is InChI=1S/C13H14N2OS/c1-10-2-3-12(17-10)13(16)15-9-6-11-4-7-14-8-5-11/h2-5,7-8H,6,9H2,1H3,(H,15,16). The summed E-state index contributed by atoms with van der Waals surface area (Å²) in [5, 5.41) is 2.91. The van der Waals surface area contributed by atoms with Crippen LogP contribution in [0.3, 0.4) is 0 Å². The molecule has 1 N–H and O–H groups in total. The second kappa shape index (κ2) is 5.59. The second-order valence-corrected chi connectivity index (χ2v) is 5.06. The highest BCUT2D eigenvalue weighted by molar-refractivity contribution is 7.13. The SMILES string of the molecule is Cc1ccc(C(=O)NCCc2ccncc2)s1. The summed E-state index contributed by atoms with van der Waals surface area (Å²) >= 11 is 1.52. The molecule has 2 rings (SSSR count). The molecule has 0 aliphatic heterocycles. The summed E-state index contributed by atoms with van der Waals surface area (Å²) in [6.45, 7) is 2.65. The van der Waals surface area contributed by atoms with E-state index in [1.165, 1.54) is 16.9 Å². The van der Waals surface area contributed by atoms with Gasteiger partial charge in [0.2, 0.25) is 0 Å². The predicted octanol–water partition coefficient (Wildman–Crippen LogP) is 2.42. The summed E-state index contributed by atoms with van der Waals surface area (Å²) in [5.74, 6) is 0.0113. The number of hydrogen-bond acceptors (Lipinski definition) is 3. The van der Waals surface area contributed by atoms with Crippen LogP contribution in [0.25, 0.3) is 0 Å². The molecule has 0 bridgehead atoms. The van der Waals surface area contributed by atoms with E-state index < -0.39 is 0 Å². The highest BCUT2D eigenvalue weighted by Gasteiger charge is 2.06. The summed E-state index contributed by atoms with van der Waals surface area (Å²) in [4.78, 5) is 17.6. The first kappa shape index (κ1) is 11.8. The molecule has 0 atom stereocenters. The lowest BCUT2D eigenvalue weighted by Gasteiger charge is -2.03. The molecule has 0 radical (unpaired) electrons. The number of amides is 1. The van der Waals surface area contributed by atoms with Gasteiger partial charge in [0.1, 0.15) is 0 Å². The molecule has 2 aromatic rings. The molecule has 1 amide bonds. The maximum Gasteiger partial charge on any atom is 0.261 e. The molecule has 4 heteroatoms. The van der Waals surface area contributed by atoms with Crippen molar-refractivity contribution in [2.24, 2.45) is 0 Å². The normalized spacial score (nSPS) is 10.2. The number of aromatic nitrogens is 1. The fourth-order valence-corrected chi connectivity index (χ4v) is 2.30. The van der Waals surface area contributed by atoms with Crippen molar-refractivity contribution < 1.29 is 4.79 Å². The van der Waals surface area contributed by atoms with E-state index in [-0.39, 0.29) is 5.91 Å². The lowest BCUT2D eigenvalue weighted by atomic mass is 10.2. The van der Waals surface area contributed by atoms with Gasteiger partial charge in [-0.2, -0.15) is 0 Å². The summed E-state index contributed by atoms with van der Waals surface area (Å²) in [6.07, 6.45) is 4.36. The number of aryl methyl sites for hydroxylation is 1. The first-order chi connectivity index (χ1) is 8.25. The number of hydrogen-bond donors (Lipinski definition) is 1. The van der Waals surface area contributed by atoms with Crippen LogP contribution in [0.4, 0.5) is 0 Å². The number of nitrogens with one attached hydrogen (secondary N) is 1. The third kappa shape index (κ3) is 3.39. The highest BCUT2D eigenvalue weighted by Crippen LogP contribution is 2.14. The van der Waals surface area contributed by atoms with Crippen LogP contribution in [0.5, 0.6) is 0 Å².